The number of ether oxygens (including phenoxy) is 1. The molecule has 0 radical (unpaired) electrons. The Labute approximate surface area is 123 Å². The van der Waals surface area contributed by atoms with E-state index in [1.807, 2.05) is 18.2 Å². The first-order chi connectivity index (χ1) is 10.2. The van der Waals surface area contributed by atoms with E-state index in [2.05, 4.69) is 10.3 Å². The first-order valence-corrected chi connectivity index (χ1v) is 6.95. The van der Waals surface area contributed by atoms with Crippen molar-refractivity contribution in [1.82, 2.24) is 20.1 Å². The maximum Gasteiger partial charge on any atom is 0.328 e. The number of carbonyl (C=O) groups is 2. The highest BCUT2D eigenvalue weighted by molar-refractivity contribution is 5.94. The second-order valence-corrected chi connectivity index (χ2v) is 4.76. The monoisotopic (exact) mass is 292 g/mol. The molecule has 2 rings (SSSR count). The molecule has 21 heavy (non-hydrogen) atoms. The van der Waals surface area contributed by atoms with Gasteiger partial charge in [-0.1, -0.05) is 6.07 Å². The van der Waals surface area contributed by atoms with Crippen molar-refractivity contribution in [1.29, 1.82) is 0 Å². The number of carbonyl (C=O) groups excluding carboxylic acids is 2. The molecule has 7 nitrogen and oxygen atoms in total. The van der Waals surface area contributed by atoms with Crippen molar-refractivity contribution in [3.8, 4) is 0 Å². The molecule has 1 aliphatic rings. The van der Waals surface area contributed by atoms with Gasteiger partial charge >= 0.3 is 12.1 Å². The summed E-state index contributed by atoms with van der Waals surface area (Å²) in [4.78, 5) is 31.2. The molecule has 0 saturated carbocycles. The summed E-state index contributed by atoms with van der Waals surface area (Å²) in [5.41, 5.74) is 0.794. The summed E-state index contributed by atoms with van der Waals surface area (Å²) in [6, 6.07) is 4.95. The van der Waals surface area contributed by atoms with E-state index in [1.165, 1.54) is 4.90 Å². The Bertz CT molecular complexity index is 480. The zero-order valence-corrected chi connectivity index (χ0v) is 12.1. The molecule has 7 heteroatoms. The topological polar surface area (TPSA) is 74.8 Å². The Morgan fingerprint density at radius 3 is 3.00 bits per heavy atom. The molecule has 0 spiro atoms. The van der Waals surface area contributed by atoms with Crippen molar-refractivity contribution >= 4 is 12.1 Å². The molecule has 1 N–H and O–H groups in total. The summed E-state index contributed by atoms with van der Waals surface area (Å²) in [6.07, 6.45) is 2.40. The lowest BCUT2D eigenvalue weighted by molar-refractivity contribution is 0.147. The minimum absolute atomic E-state index is 0.285. The van der Waals surface area contributed by atoms with Crippen molar-refractivity contribution < 1.29 is 14.3 Å². The molecule has 1 aromatic rings. The Morgan fingerprint density at radius 1 is 1.52 bits per heavy atom. The summed E-state index contributed by atoms with van der Waals surface area (Å²) in [7, 11) is 1.62. The highest BCUT2D eigenvalue weighted by atomic mass is 16.5. The molecule has 1 saturated heterocycles. The smallest absolute Gasteiger partial charge is 0.328 e. The van der Waals surface area contributed by atoms with Gasteiger partial charge in [0.2, 0.25) is 0 Å². The first kappa shape index (κ1) is 15.2. The van der Waals surface area contributed by atoms with E-state index < -0.39 is 0 Å². The summed E-state index contributed by atoms with van der Waals surface area (Å²) in [5, 5.41) is 2.64. The van der Waals surface area contributed by atoms with Crippen molar-refractivity contribution in [2.24, 2.45) is 0 Å². The lowest BCUT2D eigenvalue weighted by Gasteiger charge is -2.26. The normalized spacial score (nSPS) is 14.1. The number of imide groups is 1. The fraction of sp³-hybridized carbons (Fsp3) is 0.500. The molecule has 0 aromatic carbocycles. The molecule has 2 heterocycles. The van der Waals surface area contributed by atoms with E-state index in [-0.39, 0.29) is 12.1 Å². The number of methoxy groups -OCH3 is 1. The van der Waals surface area contributed by atoms with Crippen LogP contribution in [0.5, 0.6) is 0 Å². The third-order valence-corrected chi connectivity index (χ3v) is 3.21. The van der Waals surface area contributed by atoms with Gasteiger partial charge in [0.15, 0.2) is 0 Å². The molecule has 1 aromatic heterocycles. The number of urea groups is 2. The van der Waals surface area contributed by atoms with Gasteiger partial charge in [-0.15, -0.1) is 0 Å². The van der Waals surface area contributed by atoms with Gasteiger partial charge in [-0.2, -0.15) is 0 Å². The number of rotatable bonds is 6. The van der Waals surface area contributed by atoms with Crippen LogP contribution in [0.15, 0.2) is 24.4 Å². The Morgan fingerprint density at radius 2 is 2.38 bits per heavy atom. The van der Waals surface area contributed by atoms with Crippen LogP contribution in [0.4, 0.5) is 9.59 Å². The Hall–Kier alpha value is -2.15. The van der Waals surface area contributed by atoms with Crippen molar-refractivity contribution in [2.45, 2.75) is 13.0 Å². The molecule has 0 aliphatic carbocycles. The minimum Gasteiger partial charge on any atom is -0.385 e. The summed E-state index contributed by atoms with van der Waals surface area (Å²) in [6.45, 7) is 2.37. The van der Waals surface area contributed by atoms with Crippen LogP contribution in [0.1, 0.15) is 12.1 Å². The van der Waals surface area contributed by atoms with Crippen LogP contribution in [0, 0.1) is 0 Å². The van der Waals surface area contributed by atoms with Crippen LogP contribution in [0.3, 0.4) is 0 Å². The van der Waals surface area contributed by atoms with E-state index in [1.54, 1.807) is 18.2 Å². The lowest BCUT2D eigenvalue weighted by atomic mass is 10.3. The number of nitrogens with zero attached hydrogens (tertiary/aromatic N) is 3. The number of nitrogens with one attached hydrogen (secondary N) is 1. The highest BCUT2D eigenvalue weighted by Gasteiger charge is 2.30. The van der Waals surface area contributed by atoms with Crippen molar-refractivity contribution in [3.05, 3.63) is 30.1 Å². The second kappa shape index (κ2) is 7.58. The first-order valence-electron chi connectivity index (χ1n) is 6.95. The summed E-state index contributed by atoms with van der Waals surface area (Å²) >= 11 is 0. The van der Waals surface area contributed by atoms with Gasteiger partial charge in [0.25, 0.3) is 0 Å². The molecule has 0 unspecified atom stereocenters. The third kappa shape index (κ3) is 4.16. The van der Waals surface area contributed by atoms with Crippen LogP contribution in [0.25, 0.3) is 0 Å². The second-order valence-electron chi connectivity index (χ2n) is 4.76. The lowest BCUT2D eigenvalue weighted by Crippen LogP contribution is -2.45. The Balaban J connectivity index is 2.03. The van der Waals surface area contributed by atoms with E-state index in [4.69, 9.17) is 4.74 Å². The molecule has 0 bridgehead atoms. The molecule has 1 fully saturated rings. The van der Waals surface area contributed by atoms with E-state index in [0.29, 0.717) is 39.2 Å². The highest BCUT2D eigenvalue weighted by Crippen LogP contribution is 2.09. The SMILES string of the molecule is COCCCN(Cc1ccccn1)C(=O)N1CCNC1=O. The average molecular weight is 292 g/mol. The van der Waals surface area contributed by atoms with Crippen LogP contribution in [-0.4, -0.2) is 60.2 Å². The maximum atomic E-state index is 12.5. The molecule has 4 amide bonds. The number of hydrogen-bond donors (Lipinski definition) is 1. The van der Waals surface area contributed by atoms with E-state index in [9.17, 15) is 9.59 Å². The van der Waals surface area contributed by atoms with Gasteiger partial charge in [0.1, 0.15) is 0 Å². The fourth-order valence-electron chi connectivity index (χ4n) is 2.15. The van der Waals surface area contributed by atoms with Crippen LogP contribution < -0.4 is 5.32 Å². The fourth-order valence-corrected chi connectivity index (χ4v) is 2.15. The third-order valence-electron chi connectivity index (χ3n) is 3.21. The summed E-state index contributed by atoms with van der Waals surface area (Å²) in [5.74, 6) is 0. The van der Waals surface area contributed by atoms with Crippen LogP contribution in [0.2, 0.25) is 0 Å². The van der Waals surface area contributed by atoms with Gasteiger partial charge in [-0.3, -0.25) is 4.98 Å². The van der Waals surface area contributed by atoms with Gasteiger partial charge in [-0.25, -0.2) is 14.5 Å². The minimum atomic E-state index is -0.335. The number of amides is 4. The zero-order chi connectivity index (χ0) is 15.1. The Kier molecular flexibility index (Phi) is 5.51. The molecule has 0 atom stereocenters. The van der Waals surface area contributed by atoms with Gasteiger partial charge in [0.05, 0.1) is 12.2 Å². The van der Waals surface area contributed by atoms with Gasteiger partial charge < -0.3 is 15.0 Å². The van der Waals surface area contributed by atoms with E-state index in [0.717, 1.165) is 5.69 Å². The molecular formula is C14H20N4O3. The maximum absolute atomic E-state index is 12.5. The van der Waals surface area contributed by atoms with Crippen molar-refractivity contribution in [2.75, 3.05) is 33.4 Å². The van der Waals surface area contributed by atoms with Crippen LogP contribution >= 0.6 is 0 Å². The average Bonchev–Trinajstić information content (AvgIpc) is 2.93. The molecular weight excluding hydrogens is 272 g/mol. The summed E-state index contributed by atoms with van der Waals surface area (Å²) < 4.78 is 5.02. The standard InChI is InChI=1S/C14H20N4O3/c1-21-10-4-8-17(11-12-5-2-3-6-15-12)14(20)18-9-7-16-13(18)19/h2-3,5-6H,4,7-11H2,1H3,(H,16,19). The molecule has 114 valence electrons. The van der Waals surface area contributed by atoms with Crippen LogP contribution in [-0.2, 0) is 11.3 Å². The number of hydrogen-bond acceptors (Lipinski definition) is 4. The van der Waals surface area contributed by atoms with Crippen molar-refractivity contribution in [3.63, 3.8) is 0 Å². The van der Waals surface area contributed by atoms with E-state index >= 15 is 0 Å². The quantitative estimate of drug-likeness (QED) is 0.796. The largest absolute Gasteiger partial charge is 0.385 e. The van der Waals surface area contributed by atoms with Gasteiger partial charge in [-0.05, 0) is 18.6 Å². The zero-order valence-electron chi connectivity index (χ0n) is 12.1. The van der Waals surface area contributed by atoms with Gasteiger partial charge in [0, 0.05) is 39.5 Å². The number of aromatic nitrogens is 1. The predicted molar refractivity (Wildman–Crippen MR) is 76.6 cm³/mol. The number of pyridine rings is 1. The predicted octanol–water partition coefficient (Wildman–Crippen LogP) is 1.07. The molecule has 1 aliphatic heterocycles.